The lowest BCUT2D eigenvalue weighted by atomic mass is 9.99. The number of benzene rings is 2. The van der Waals surface area contributed by atoms with E-state index in [0.29, 0.717) is 47.0 Å². The van der Waals surface area contributed by atoms with Crippen LogP contribution in [0.2, 0.25) is 0 Å². The summed E-state index contributed by atoms with van der Waals surface area (Å²) in [5.74, 6) is 1.41. The van der Waals surface area contributed by atoms with Gasteiger partial charge in [0, 0.05) is 24.5 Å². The Labute approximate surface area is 174 Å². The molecule has 1 aromatic heterocycles. The van der Waals surface area contributed by atoms with Crippen LogP contribution in [0.15, 0.2) is 45.6 Å². The monoisotopic (exact) mass is 411 g/mol. The van der Waals surface area contributed by atoms with Gasteiger partial charge in [0.1, 0.15) is 11.3 Å². The van der Waals surface area contributed by atoms with Gasteiger partial charge in [0.25, 0.3) is 0 Å². The molecule has 7 heteroatoms. The Morgan fingerprint density at radius 3 is 2.33 bits per heavy atom. The first-order chi connectivity index (χ1) is 14.4. The van der Waals surface area contributed by atoms with E-state index >= 15 is 0 Å². The summed E-state index contributed by atoms with van der Waals surface area (Å²) in [5.41, 5.74) is 1.73. The van der Waals surface area contributed by atoms with Crippen LogP contribution in [0.5, 0.6) is 17.2 Å². The molecule has 0 aliphatic carbocycles. The standard InChI is InChI=1S/C23H25NO6/c1-6-24(7-2)23(26)29-16-9-10-17-14(3)21(22(25)30-19(17)13-16)15-8-11-18(27-4)20(12-15)28-5/h8-13H,6-7H2,1-5H3. The fourth-order valence-electron chi connectivity index (χ4n) is 3.37. The largest absolute Gasteiger partial charge is 0.493 e. The molecule has 1 heterocycles. The number of hydrogen-bond acceptors (Lipinski definition) is 6. The molecule has 0 aliphatic heterocycles. The van der Waals surface area contributed by atoms with E-state index in [1.165, 1.54) is 0 Å². The Bertz CT molecular complexity index is 1130. The van der Waals surface area contributed by atoms with Crippen LogP contribution in [-0.4, -0.2) is 38.3 Å². The molecule has 0 fully saturated rings. The highest BCUT2D eigenvalue weighted by molar-refractivity contribution is 5.88. The second-order valence-electron chi connectivity index (χ2n) is 6.66. The van der Waals surface area contributed by atoms with Gasteiger partial charge in [-0.25, -0.2) is 9.59 Å². The predicted octanol–water partition coefficient (Wildman–Crippen LogP) is 4.63. The maximum atomic E-state index is 12.8. The van der Waals surface area contributed by atoms with Gasteiger partial charge in [-0.3, -0.25) is 0 Å². The van der Waals surface area contributed by atoms with Crippen LogP contribution in [0.1, 0.15) is 19.4 Å². The molecule has 0 radical (unpaired) electrons. The summed E-state index contributed by atoms with van der Waals surface area (Å²) in [5, 5.41) is 0.752. The van der Waals surface area contributed by atoms with E-state index < -0.39 is 11.7 Å². The van der Waals surface area contributed by atoms with Crippen molar-refractivity contribution in [1.29, 1.82) is 0 Å². The fourth-order valence-corrected chi connectivity index (χ4v) is 3.37. The summed E-state index contributed by atoms with van der Waals surface area (Å²) in [6, 6.07) is 10.3. The number of carbonyl (C=O) groups excluding carboxylic acids is 1. The zero-order valence-corrected chi connectivity index (χ0v) is 17.8. The Hall–Kier alpha value is -3.48. The van der Waals surface area contributed by atoms with Crippen molar-refractivity contribution in [3.8, 4) is 28.4 Å². The molecule has 0 bridgehead atoms. The number of amides is 1. The van der Waals surface area contributed by atoms with E-state index in [-0.39, 0.29) is 0 Å². The Morgan fingerprint density at radius 2 is 1.70 bits per heavy atom. The highest BCUT2D eigenvalue weighted by Gasteiger charge is 2.17. The highest BCUT2D eigenvalue weighted by Crippen LogP contribution is 2.34. The molecule has 30 heavy (non-hydrogen) atoms. The van der Waals surface area contributed by atoms with E-state index in [1.807, 2.05) is 20.8 Å². The van der Waals surface area contributed by atoms with Gasteiger partial charge in [-0.1, -0.05) is 6.07 Å². The number of ether oxygens (including phenoxy) is 3. The van der Waals surface area contributed by atoms with Crippen molar-refractivity contribution in [3.05, 3.63) is 52.4 Å². The van der Waals surface area contributed by atoms with Gasteiger partial charge in [0.05, 0.1) is 19.8 Å². The number of methoxy groups -OCH3 is 2. The van der Waals surface area contributed by atoms with Gasteiger partial charge in [0.2, 0.25) is 0 Å². The highest BCUT2D eigenvalue weighted by atomic mass is 16.6. The van der Waals surface area contributed by atoms with Gasteiger partial charge < -0.3 is 23.5 Å². The van der Waals surface area contributed by atoms with Crippen molar-refractivity contribution in [2.24, 2.45) is 0 Å². The van der Waals surface area contributed by atoms with Gasteiger partial charge in [0.15, 0.2) is 11.5 Å². The van der Waals surface area contributed by atoms with Crippen molar-refractivity contribution in [2.75, 3.05) is 27.3 Å². The van der Waals surface area contributed by atoms with E-state index in [0.717, 1.165) is 10.9 Å². The predicted molar refractivity (Wildman–Crippen MR) is 115 cm³/mol. The van der Waals surface area contributed by atoms with Gasteiger partial charge >= 0.3 is 11.7 Å². The van der Waals surface area contributed by atoms with E-state index in [2.05, 4.69) is 0 Å². The first kappa shape index (κ1) is 21.2. The van der Waals surface area contributed by atoms with E-state index in [9.17, 15) is 9.59 Å². The van der Waals surface area contributed by atoms with Crippen LogP contribution in [0, 0.1) is 6.92 Å². The molecule has 0 saturated carbocycles. The van der Waals surface area contributed by atoms with Crippen LogP contribution >= 0.6 is 0 Å². The molecule has 0 unspecified atom stereocenters. The third kappa shape index (κ3) is 3.96. The smallest absolute Gasteiger partial charge is 0.415 e. The lowest BCUT2D eigenvalue weighted by Gasteiger charge is -2.18. The molecule has 0 spiro atoms. The summed E-state index contributed by atoms with van der Waals surface area (Å²) < 4.78 is 21.6. The molecule has 0 N–H and O–H groups in total. The zero-order chi connectivity index (χ0) is 21.8. The second kappa shape index (κ2) is 8.90. The molecule has 2 aromatic carbocycles. The molecular weight excluding hydrogens is 386 g/mol. The van der Waals surface area contributed by atoms with Crippen LogP contribution < -0.4 is 19.8 Å². The average molecular weight is 411 g/mol. The van der Waals surface area contributed by atoms with Crippen molar-refractivity contribution in [1.82, 2.24) is 4.90 Å². The summed E-state index contributed by atoms with van der Waals surface area (Å²) in [7, 11) is 3.09. The molecule has 3 aromatic rings. The van der Waals surface area contributed by atoms with Crippen molar-refractivity contribution >= 4 is 17.1 Å². The van der Waals surface area contributed by atoms with Crippen molar-refractivity contribution < 1.29 is 23.4 Å². The topological polar surface area (TPSA) is 78.2 Å². The third-order valence-corrected chi connectivity index (χ3v) is 5.04. The van der Waals surface area contributed by atoms with Crippen molar-refractivity contribution in [2.45, 2.75) is 20.8 Å². The maximum absolute atomic E-state index is 12.8. The molecule has 0 aliphatic rings. The number of hydrogen-bond donors (Lipinski definition) is 0. The van der Waals surface area contributed by atoms with Crippen LogP contribution in [0.25, 0.3) is 22.1 Å². The number of nitrogens with zero attached hydrogens (tertiary/aromatic N) is 1. The first-order valence-electron chi connectivity index (χ1n) is 9.70. The molecule has 0 saturated heterocycles. The van der Waals surface area contributed by atoms with E-state index in [1.54, 1.807) is 55.5 Å². The van der Waals surface area contributed by atoms with Gasteiger partial charge in [-0.2, -0.15) is 0 Å². The van der Waals surface area contributed by atoms with Crippen LogP contribution in [-0.2, 0) is 0 Å². The lowest BCUT2D eigenvalue weighted by molar-refractivity contribution is 0.157. The molecule has 7 nitrogen and oxygen atoms in total. The second-order valence-corrected chi connectivity index (χ2v) is 6.66. The molecular formula is C23H25NO6. The molecule has 0 atom stereocenters. The van der Waals surface area contributed by atoms with Gasteiger partial charge in [-0.05, 0) is 56.2 Å². The molecule has 158 valence electrons. The molecule has 1 amide bonds. The Kier molecular flexibility index (Phi) is 6.30. The lowest BCUT2D eigenvalue weighted by Crippen LogP contribution is -2.33. The minimum absolute atomic E-state index is 0.320. The maximum Gasteiger partial charge on any atom is 0.415 e. The fraction of sp³-hybridized carbons (Fsp3) is 0.304. The first-order valence-corrected chi connectivity index (χ1v) is 9.70. The normalized spacial score (nSPS) is 10.7. The summed E-state index contributed by atoms with van der Waals surface area (Å²) in [6.07, 6.45) is -0.444. The van der Waals surface area contributed by atoms with Crippen LogP contribution in [0.3, 0.4) is 0 Å². The number of aryl methyl sites for hydroxylation is 1. The van der Waals surface area contributed by atoms with E-state index in [4.69, 9.17) is 18.6 Å². The van der Waals surface area contributed by atoms with Crippen LogP contribution in [0.4, 0.5) is 4.79 Å². The third-order valence-electron chi connectivity index (χ3n) is 5.04. The zero-order valence-electron chi connectivity index (χ0n) is 17.8. The summed E-state index contributed by atoms with van der Waals surface area (Å²) >= 11 is 0. The Morgan fingerprint density at radius 1 is 1.00 bits per heavy atom. The number of rotatable bonds is 6. The van der Waals surface area contributed by atoms with Crippen molar-refractivity contribution in [3.63, 3.8) is 0 Å². The molecule has 3 rings (SSSR count). The minimum atomic E-state index is -0.487. The average Bonchev–Trinajstić information content (AvgIpc) is 2.74. The Balaban J connectivity index is 2.04. The SMILES string of the molecule is CCN(CC)C(=O)Oc1ccc2c(C)c(-c3ccc(OC)c(OC)c3)c(=O)oc2c1. The minimum Gasteiger partial charge on any atom is -0.493 e. The quantitative estimate of drug-likeness (QED) is 0.551. The number of carbonyl (C=O) groups is 1. The van der Waals surface area contributed by atoms with Gasteiger partial charge in [-0.15, -0.1) is 0 Å². The number of fused-ring (bicyclic) bond motifs is 1. The summed E-state index contributed by atoms with van der Waals surface area (Å²) in [4.78, 5) is 26.5. The summed E-state index contributed by atoms with van der Waals surface area (Å²) in [6.45, 7) is 6.71.